The van der Waals surface area contributed by atoms with Gasteiger partial charge >= 0.3 is 0 Å². The van der Waals surface area contributed by atoms with Crippen LogP contribution in [0, 0.1) is 5.82 Å². The van der Waals surface area contributed by atoms with Gasteiger partial charge in [0.05, 0.1) is 5.02 Å². The van der Waals surface area contributed by atoms with Crippen molar-refractivity contribution in [2.75, 3.05) is 13.2 Å². The summed E-state index contributed by atoms with van der Waals surface area (Å²) in [4.78, 5) is 0. The standard InChI is InChI=1S/C12H15ClF3NO/c13-10-3-1-2-8(12(10)16)6-9(17)4-5-18-7-11(14)15/h1-3,9,11H,4-7,17H2. The molecule has 18 heavy (non-hydrogen) atoms. The Balaban J connectivity index is 2.35. The highest BCUT2D eigenvalue weighted by Gasteiger charge is 2.11. The fraction of sp³-hybridized carbons (Fsp3) is 0.500. The van der Waals surface area contributed by atoms with Crippen LogP contribution in [-0.2, 0) is 11.2 Å². The Morgan fingerprint density at radius 3 is 2.72 bits per heavy atom. The molecular weight excluding hydrogens is 267 g/mol. The van der Waals surface area contributed by atoms with E-state index >= 15 is 0 Å². The number of ether oxygens (including phenoxy) is 1. The van der Waals surface area contributed by atoms with Gasteiger partial charge in [-0.3, -0.25) is 0 Å². The van der Waals surface area contributed by atoms with Gasteiger partial charge in [-0.1, -0.05) is 23.7 Å². The lowest BCUT2D eigenvalue weighted by molar-refractivity contribution is 0.0152. The summed E-state index contributed by atoms with van der Waals surface area (Å²) in [6.07, 6.45) is -1.80. The number of benzene rings is 1. The second-order valence-electron chi connectivity index (χ2n) is 3.93. The van der Waals surface area contributed by atoms with Gasteiger partial charge in [-0.15, -0.1) is 0 Å². The van der Waals surface area contributed by atoms with E-state index in [1.54, 1.807) is 12.1 Å². The van der Waals surface area contributed by atoms with E-state index in [0.717, 1.165) is 0 Å². The van der Waals surface area contributed by atoms with Crippen LogP contribution in [0.5, 0.6) is 0 Å². The number of alkyl halides is 2. The van der Waals surface area contributed by atoms with Gasteiger partial charge in [0.15, 0.2) is 0 Å². The molecule has 1 atom stereocenters. The van der Waals surface area contributed by atoms with E-state index in [-0.39, 0.29) is 17.7 Å². The highest BCUT2D eigenvalue weighted by atomic mass is 35.5. The van der Waals surface area contributed by atoms with Gasteiger partial charge in [0, 0.05) is 12.6 Å². The maximum Gasteiger partial charge on any atom is 0.261 e. The highest BCUT2D eigenvalue weighted by molar-refractivity contribution is 6.30. The fourth-order valence-electron chi connectivity index (χ4n) is 1.50. The first-order valence-corrected chi connectivity index (χ1v) is 5.93. The van der Waals surface area contributed by atoms with Crippen LogP contribution in [0.4, 0.5) is 13.2 Å². The van der Waals surface area contributed by atoms with Crippen molar-refractivity contribution in [3.63, 3.8) is 0 Å². The van der Waals surface area contributed by atoms with Crippen molar-refractivity contribution < 1.29 is 17.9 Å². The molecule has 2 nitrogen and oxygen atoms in total. The van der Waals surface area contributed by atoms with Crippen molar-refractivity contribution in [2.45, 2.75) is 25.3 Å². The van der Waals surface area contributed by atoms with Crippen LogP contribution in [0.1, 0.15) is 12.0 Å². The minimum absolute atomic E-state index is 0.0497. The van der Waals surface area contributed by atoms with E-state index in [4.69, 9.17) is 22.1 Å². The first-order chi connectivity index (χ1) is 8.50. The molecule has 1 aromatic rings. The Morgan fingerprint density at radius 2 is 2.06 bits per heavy atom. The molecule has 0 saturated carbocycles. The van der Waals surface area contributed by atoms with E-state index in [1.807, 2.05) is 0 Å². The van der Waals surface area contributed by atoms with Gasteiger partial charge in [0.1, 0.15) is 12.4 Å². The van der Waals surface area contributed by atoms with E-state index in [9.17, 15) is 13.2 Å². The van der Waals surface area contributed by atoms with Crippen molar-refractivity contribution >= 4 is 11.6 Å². The fourth-order valence-corrected chi connectivity index (χ4v) is 1.69. The third kappa shape index (κ3) is 5.25. The lowest BCUT2D eigenvalue weighted by atomic mass is 10.0. The van der Waals surface area contributed by atoms with Crippen molar-refractivity contribution in [1.82, 2.24) is 0 Å². The molecule has 0 aromatic heterocycles. The topological polar surface area (TPSA) is 35.2 Å². The molecule has 1 aromatic carbocycles. The Bertz CT molecular complexity index is 376. The van der Waals surface area contributed by atoms with E-state index in [2.05, 4.69) is 0 Å². The molecule has 102 valence electrons. The number of hydrogen-bond donors (Lipinski definition) is 1. The molecule has 0 aliphatic heterocycles. The Morgan fingerprint density at radius 1 is 1.33 bits per heavy atom. The summed E-state index contributed by atoms with van der Waals surface area (Å²) in [6.45, 7) is -0.466. The number of halogens is 4. The minimum atomic E-state index is -2.48. The Labute approximate surface area is 109 Å². The average molecular weight is 282 g/mol. The molecule has 0 radical (unpaired) electrons. The van der Waals surface area contributed by atoms with Crippen LogP contribution in [0.15, 0.2) is 18.2 Å². The zero-order chi connectivity index (χ0) is 13.5. The normalized spacial score (nSPS) is 13.0. The molecule has 0 spiro atoms. The van der Waals surface area contributed by atoms with E-state index < -0.39 is 18.8 Å². The van der Waals surface area contributed by atoms with Gasteiger partial charge in [-0.2, -0.15) is 0 Å². The Hall–Kier alpha value is -0.780. The van der Waals surface area contributed by atoms with Crippen molar-refractivity contribution in [1.29, 1.82) is 0 Å². The van der Waals surface area contributed by atoms with Gasteiger partial charge in [-0.05, 0) is 24.5 Å². The van der Waals surface area contributed by atoms with Crippen LogP contribution in [-0.4, -0.2) is 25.7 Å². The van der Waals surface area contributed by atoms with Crippen molar-refractivity contribution in [2.24, 2.45) is 5.73 Å². The molecule has 1 unspecified atom stereocenters. The van der Waals surface area contributed by atoms with Crippen molar-refractivity contribution in [3.8, 4) is 0 Å². The maximum absolute atomic E-state index is 13.5. The van der Waals surface area contributed by atoms with Gasteiger partial charge < -0.3 is 10.5 Å². The molecule has 0 bridgehead atoms. The summed E-state index contributed by atoms with van der Waals surface area (Å²) in [5.41, 5.74) is 6.18. The predicted molar refractivity (Wildman–Crippen MR) is 64.5 cm³/mol. The van der Waals surface area contributed by atoms with Crippen molar-refractivity contribution in [3.05, 3.63) is 34.6 Å². The molecular formula is C12H15ClF3NO. The molecule has 0 fully saturated rings. The summed E-state index contributed by atoms with van der Waals surface area (Å²) in [5, 5.41) is 0.0497. The van der Waals surface area contributed by atoms with E-state index in [0.29, 0.717) is 18.4 Å². The van der Waals surface area contributed by atoms with Gasteiger partial charge in [0.2, 0.25) is 0 Å². The first kappa shape index (κ1) is 15.3. The lowest BCUT2D eigenvalue weighted by Crippen LogP contribution is -2.25. The van der Waals surface area contributed by atoms with Crippen LogP contribution in [0.25, 0.3) is 0 Å². The summed E-state index contributed by atoms with van der Waals surface area (Å²) in [5.74, 6) is -0.483. The van der Waals surface area contributed by atoms with Crippen LogP contribution < -0.4 is 5.73 Å². The SMILES string of the molecule is NC(CCOCC(F)F)Cc1cccc(Cl)c1F. The van der Waals surface area contributed by atoms with E-state index in [1.165, 1.54) is 6.07 Å². The smallest absolute Gasteiger partial charge is 0.261 e. The predicted octanol–water partition coefficient (Wildman–Crippen LogP) is 3.02. The molecule has 0 aliphatic carbocycles. The zero-order valence-corrected chi connectivity index (χ0v) is 10.5. The third-order valence-electron chi connectivity index (χ3n) is 2.39. The number of rotatable bonds is 7. The summed E-state index contributed by atoms with van der Waals surface area (Å²) < 4.78 is 41.8. The molecule has 0 amide bonds. The highest BCUT2D eigenvalue weighted by Crippen LogP contribution is 2.19. The maximum atomic E-state index is 13.5. The molecule has 2 N–H and O–H groups in total. The number of hydrogen-bond acceptors (Lipinski definition) is 2. The number of nitrogens with two attached hydrogens (primary N) is 1. The summed E-state index contributed by atoms with van der Waals surface area (Å²) in [7, 11) is 0. The minimum Gasteiger partial charge on any atom is -0.375 e. The Kier molecular flexibility index (Phi) is 6.46. The average Bonchev–Trinajstić information content (AvgIpc) is 2.30. The zero-order valence-electron chi connectivity index (χ0n) is 9.71. The first-order valence-electron chi connectivity index (χ1n) is 5.55. The monoisotopic (exact) mass is 281 g/mol. The summed E-state index contributed by atoms with van der Waals surface area (Å²) >= 11 is 5.64. The largest absolute Gasteiger partial charge is 0.375 e. The molecule has 0 heterocycles. The second-order valence-corrected chi connectivity index (χ2v) is 4.34. The quantitative estimate of drug-likeness (QED) is 0.780. The summed E-state index contributed by atoms with van der Waals surface area (Å²) in [6, 6.07) is 4.34. The third-order valence-corrected chi connectivity index (χ3v) is 2.68. The van der Waals surface area contributed by atoms with Gasteiger partial charge in [0.25, 0.3) is 6.43 Å². The molecule has 0 aliphatic rings. The molecule has 6 heteroatoms. The molecule has 1 rings (SSSR count). The second kappa shape index (κ2) is 7.61. The lowest BCUT2D eigenvalue weighted by Gasteiger charge is -2.12. The molecule has 0 saturated heterocycles. The van der Waals surface area contributed by atoms with Crippen LogP contribution in [0.2, 0.25) is 5.02 Å². The van der Waals surface area contributed by atoms with Crippen LogP contribution >= 0.6 is 11.6 Å². The van der Waals surface area contributed by atoms with Crippen LogP contribution in [0.3, 0.4) is 0 Å². The van der Waals surface area contributed by atoms with Gasteiger partial charge in [-0.25, -0.2) is 13.2 Å².